The molecule has 0 spiro atoms. The molecule has 0 atom stereocenters. The molecular formula is C22H18F3N2NaO4. The number of carbonyl (C=O) groups is 1. The van der Waals surface area contributed by atoms with E-state index in [9.17, 15) is 23.1 Å². The van der Waals surface area contributed by atoms with Crippen molar-refractivity contribution >= 4 is 5.97 Å². The zero-order chi connectivity index (χ0) is 22.8. The maximum Gasteiger partial charge on any atom is 1.00 e. The molecule has 0 N–H and O–H groups in total. The van der Waals surface area contributed by atoms with Crippen molar-refractivity contribution in [2.45, 2.75) is 26.4 Å². The standard InChI is InChI=1S/C22H19F3N2O4.Na/c1-4-30-18-10-16(25)15(24)9-14(18)17-11-19(31-22(2,3)21(28)29)27-20(26-17)12-5-7-13(23)8-6-12;/h5-11H,4H2,1-3H3,(H,28,29);/q;+1/p-1. The summed E-state index contributed by atoms with van der Waals surface area (Å²) < 4.78 is 51.9. The van der Waals surface area contributed by atoms with Crippen LogP contribution in [0.2, 0.25) is 0 Å². The SMILES string of the molecule is CCOc1cc(F)c(F)cc1-c1cc(OC(C)(C)C(=O)[O-])nc(-c2ccc(F)cc2)n1.[Na+]. The summed E-state index contributed by atoms with van der Waals surface area (Å²) >= 11 is 0. The largest absolute Gasteiger partial charge is 1.00 e. The summed E-state index contributed by atoms with van der Waals surface area (Å²) in [5.74, 6) is -4.28. The first kappa shape index (κ1) is 25.6. The molecule has 2 aromatic carbocycles. The monoisotopic (exact) mass is 454 g/mol. The second-order valence-corrected chi connectivity index (χ2v) is 7.02. The van der Waals surface area contributed by atoms with E-state index in [-0.39, 0.29) is 64.9 Å². The normalized spacial score (nSPS) is 10.9. The molecule has 0 unspecified atom stereocenters. The predicted octanol–water partition coefficient (Wildman–Crippen LogP) is 0.538. The first-order valence-corrected chi connectivity index (χ1v) is 9.28. The molecule has 32 heavy (non-hydrogen) atoms. The average Bonchev–Trinajstić information content (AvgIpc) is 2.70. The fourth-order valence-electron chi connectivity index (χ4n) is 2.65. The third kappa shape index (κ3) is 5.79. The summed E-state index contributed by atoms with van der Waals surface area (Å²) in [5.41, 5.74) is -1.17. The number of carboxylic acids is 1. The van der Waals surface area contributed by atoms with E-state index < -0.39 is 29.0 Å². The van der Waals surface area contributed by atoms with Gasteiger partial charge in [0.1, 0.15) is 17.2 Å². The predicted molar refractivity (Wildman–Crippen MR) is 104 cm³/mol. The van der Waals surface area contributed by atoms with Gasteiger partial charge in [-0.05, 0) is 51.1 Å². The van der Waals surface area contributed by atoms with E-state index in [1.54, 1.807) is 6.92 Å². The van der Waals surface area contributed by atoms with E-state index in [0.29, 0.717) is 5.56 Å². The Bertz CT molecular complexity index is 1120. The zero-order valence-corrected chi connectivity index (χ0v) is 19.9. The van der Waals surface area contributed by atoms with Crippen LogP contribution >= 0.6 is 0 Å². The van der Waals surface area contributed by atoms with E-state index in [1.807, 2.05) is 0 Å². The number of halogens is 3. The smallest absolute Gasteiger partial charge is 0.546 e. The second kappa shape index (κ2) is 10.3. The van der Waals surface area contributed by atoms with Crippen molar-refractivity contribution in [1.82, 2.24) is 9.97 Å². The number of aromatic nitrogens is 2. The first-order valence-electron chi connectivity index (χ1n) is 9.28. The summed E-state index contributed by atoms with van der Waals surface area (Å²) in [7, 11) is 0. The van der Waals surface area contributed by atoms with Crippen molar-refractivity contribution in [3.63, 3.8) is 0 Å². The number of carboxylic acid groups (broad SMARTS) is 1. The number of nitrogens with zero attached hydrogens (tertiary/aromatic N) is 2. The van der Waals surface area contributed by atoms with Crippen LogP contribution in [-0.4, -0.2) is 28.1 Å². The third-order valence-electron chi connectivity index (χ3n) is 4.25. The van der Waals surface area contributed by atoms with E-state index in [1.165, 1.54) is 44.2 Å². The van der Waals surface area contributed by atoms with Crippen molar-refractivity contribution in [2.24, 2.45) is 0 Å². The van der Waals surface area contributed by atoms with Gasteiger partial charge in [-0.25, -0.2) is 18.2 Å². The van der Waals surface area contributed by atoms with Crippen LogP contribution < -0.4 is 44.1 Å². The Balaban J connectivity index is 0.00000363. The number of hydrogen-bond acceptors (Lipinski definition) is 6. The maximum atomic E-state index is 14.0. The molecule has 162 valence electrons. The molecule has 3 aromatic rings. The van der Waals surface area contributed by atoms with E-state index in [4.69, 9.17) is 9.47 Å². The Labute approximate surface area is 204 Å². The minimum atomic E-state index is -1.75. The molecule has 6 nitrogen and oxygen atoms in total. The molecule has 0 aliphatic heterocycles. The van der Waals surface area contributed by atoms with Gasteiger partial charge in [0.15, 0.2) is 17.5 Å². The van der Waals surface area contributed by atoms with Crippen LogP contribution in [0.3, 0.4) is 0 Å². The number of benzene rings is 2. The number of aliphatic carboxylic acids is 1. The summed E-state index contributed by atoms with van der Waals surface area (Å²) in [6.45, 7) is 4.39. The maximum absolute atomic E-state index is 14.0. The summed E-state index contributed by atoms with van der Waals surface area (Å²) in [6.07, 6.45) is 0. The average molecular weight is 454 g/mol. The topological polar surface area (TPSA) is 84.4 Å². The zero-order valence-electron chi connectivity index (χ0n) is 17.9. The Kier molecular flexibility index (Phi) is 8.28. The van der Waals surface area contributed by atoms with Crippen molar-refractivity contribution in [3.8, 4) is 34.3 Å². The molecule has 0 saturated carbocycles. The molecule has 0 amide bonds. The number of rotatable bonds is 7. The number of ether oxygens (including phenoxy) is 2. The molecule has 0 saturated heterocycles. The van der Waals surface area contributed by atoms with Gasteiger partial charge >= 0.3 is 29.6 Å². The van der Waals surface area contributed by atoms with Crippen molar-refractivity contribution < 1.29 is 62.1 Å². The molecule has 0 aliphatic carbocycles. The minimum absolute atomic E-state index is 0. The van der Waals surface area contributed by atoms with Crippen LogP contribution in [0.5, 0.6) is 11.6 Å². The van der Waals surface area contributed by atoms with Crippen LogP contribution in [0, 0.1) is 17.5 Å². The van der Waals surface area contributed by atoms with Crippen LogP contribution in [0.25, 0.3) is 22.6 Å². The number of carbonyl (C=O) groups excluding carboxylic acids is 1. The van der Waals surface area contributed by atoms with Gasteiger partial charge in [0.25, 0.3) is 0 Å². The van der Waals surface area contributed by atoms with Gasteiger partial charge in [-0.1, -0.05) is 0 Å². The van der Waals surface area contributed by atoms with Crippen LogP contribution in [0.4, 0.5) is 13.2 Å². The minimum Gasteiger partial charge on any atom is -0.546 e. The van der Waals surface area contributed by atoms with Gasteiger partial charge in [-0.15, -0.1) is 0 Å². The molecule has 0 bridgehead atoms. The molecule has 3 rings (SSSR count). The molecule has 0 aliphatic rings. The van der Waals surface area contributed by atoms with Crippen molar-refractivity contribution in [2.75, 3.05) is 6.61 Å². The molecule has 0 radical (unpaired) electrons. The van der Waals surface area contributed by atoms with Crippen molar-refractivity contribution in [1.29, 1.82) is 0 Å². The fourth-order valence-corrected chi connectivity index (χ4v) is 2.65. The summed E-state index contributed by atoms with van der Waals surface area (Å²) in [6, 6.07) is 8.28. The van der Waals surface area contributed by atoms with Gasteiger partial charge in [0, 0.05) is 23.3 Å². The Hall–Kier alpha value is -2.62. The van der Waals surface area contributed by atoms with Crippen molar-refractivity contribution in [3.05, 3.63) is 59.9 Å². The van der Waals surface area contributed by atoms with Gasteiger partial charge in [-0.3, -0.25) is 0 Å². The van der Waals surface area contributed by atoms with Gasteiger partial charge in [-0.2, -0.15) is 4.98 Å². The Morgan fingerprint density at radius 3 is 2.25 bits per heavy atom. The Morgan fingerprint density at radius 2 is 1.66 bits per heavy atom. The second-order valence-electron chi connectivity index (χ2n) is 7.02. The van der Waals surface area contributed by atoms with Crippen LogP contribution in [0.1, 0.15) is 20.8 Å². The van der Waals surface area contributed by atoms with E-state index >= 15 is 0 Å². The van der Waals surface area contributed by atoms with Gasteiger partial charge in [0.2, 0.25) is 5.88 Å². The van der Waals surface area contributed by atoms with E-state index in [2.05, 4.69) is 9.97 Å². The summed E-state index contributed by atoms with van der Waals surface area (Å²) in [4.78, 5) is 19.9. The van der Waals surface area contributed by atoms with E-state index in [0.717, 1.165) is 12.1 Å². The van der Waals surface area contributed by atoms with Gasteiger partial charge in [0.05, 0.1) is 18.3 Å². The molecular weight excluding hydrogens is 436 g/mol. The first-order chi connectivity index (χ1) is 14.6. The van der Waals surface area contributed by atoms with Crippen LogP contribution in [-0.2, 0) is 4.79 Å². The molecule has 0 fully saturated rings. The third-order valence-corrected chi connectivity index (χ3v) is 4.25. The molecule has 1 heterocycles. The van der Waals surface area contributed by atoms with Gasteiger partial charge < -0.3 is 19.4 Å². The Morgan fingerprint density at radius 1 is 1.03 bits per heavy atom. The summed E-state index contributed by atoms with van der Waals surface area (Å²) in [5, 5.41) is 11.4. The fraction of sp³-hybridized carbons (Fsp3) is 0.227. The number of hydrogen-bond donors (Lipinski definition) is 0. The van der Waals surface area contributed by atoms with Crippen LogP contribution in [0.15, 0.2) is 42.5 Å². The molecule has 10 heteroatoms. The quantitative estimate of drug-likeness (QED) is 0.485. The molecule has 1 aromatic heterocycles.